The van der Waals surface area contributed by atoms with Crippen molar-refractivity contribution in [3.63, 3.8) is 0 Å². The van der Waals surface area contributed by atoms with Gasteiger partial charge in [0.1, 0.15) is 12.3 Å². The maximum absolute atomic E-state index is 13.2. The molecular weight excluding hydrogens is 402 g/mol. The van der Waals surface area contributed by atoms with Gasteiger partial charge in [-0.2, -0.15) is 0 Å². The van der Waals surface area contributed by atoms with Crippen molar-refractivity contribution in [3.8, 4) is 0 Å². The van der Waals surface area contributed by atoms with Crippen LogP contribution >= 0.6 is 11.6 Å². The highest BCUT2D eigenvalue weighted by atomic mass is 35.5. The largest absolute Gasteiger partial charge is 0.467 e. The van der Waals surface area contributed by atoms with Crippen molar-refractivity contribution < 1.29 is 14.0 Å². The highest BCUT2D eigenvalue weighted by Crippen LogP contribution is 2.14. The van der Waals surface area contributed by atoms with Gasteiger partial charge in [0.25, 0.3) is 5.91 Å². The quantitative estimate of drug-likeness (QED) is 0.484. The Bertz CT molecular complexity index is 993. The van der Waals surface area contributed by atoms with E-state index in [0.29, 0.717) is 29.4 Å². The van der Waals surface area contributed by atoms with Gasteiger partial charge >= 0.3 is 0 Å². The van der Waals surface area contributed by atoms with E-state index in [4.69, 9.17) is 16.0 Å². The molecule has 30 heavy (non-hydrogen) atoms. The molecule has 0 atom stereocenters. The molecule has 0 bridgehead atoms. The Morgan fingerprint density at radius 2 is 1.87 bits per heavy atom. The van der Waals surface area contributed by atoms with Crippen LogP contribution in [0.1, 0.15) is 21.8 Å². The fourth-order valence-electron chi connectivity index (χ4n) is 3.09. The third-order valence-electron chi connectivity index (χ3n) is 4.74. The topological polar surface area (TPSA) is 58.7 Å². The number of carbonyl (C=O) groups excluding carboxylic acids is 2. The predicted molar refractivity (Wildman–Crippen MR) is 116 cm³/mol. The van der Waals surface area contributed by atoms with Gasteiger partial charge in [0.2, 0.25) is 5.91 Å². The summed E-state index contributed by atoms with van der Waals surface area (Å²) in [5, 5.41) is 0.546. The van der Waals surface area contributed by atoms with Crippen LogP contribution in [0.4, 0.5) is 0 Å². The SMILES string of the molecule is C=CCN(CC(=O)N(Cc1ccco1)Cc1cccn1C)C(=O)c1ccc(Cl)cc1. The summed E-state index contributed by atoms with van der Waals surface area (Å²) < 4.78 is 7.40. The lowest BCUT2D eigenvalue weighted by Crippen LogP contribution is -2.42. The number of nitrogens with zero attached hydrogens (tertiary/aromatic N) is 3. The van der Waals surface area contributed by atoms with Gasteiger partial charge in [-0.05, 0) is 48.5 Å². The fraction of sp³-hybridized carbons (Fsp3) is 0.217. The second kappa shape index (κ2) is 9.98. The van der Waals surface area contributed by atoms with Gasteiger partial charge in [0.15, 0.2) is 0 Å². The highest BCUT2D eigenvalue weighted by molar-refractivity contribution is 6.30. The maximum atomic E-state index is 13.2. The summed E-state index contributed by atoms with van der Waals surface area (Å²) >= 11 is 5.92. The van der Waals surface area contributed by atoms with Crippen LogP contribution in [0.15, 0.2) is 78.1 Å². The second-order valence-corrected chi connectivity index (χ2v) is 7.36. The van der Waals surface area contributed by atoms with Crippen LogP contribution in [0.25, 0.3) is 0 Å². The van der Waals surface area contributed by atoms with Gasteiger partial charge in [0.05, 0.1) is 19.4 Å². The van der Waals surface area contributed by atoms with E-state index in [1.807, 2.05) is 36.0 Å². The molecule has 0 unspecified atom stereocenters. The van der Waals surface area contributed by atoms with E-state index in [0.717, 1.165) is 5.69 Å². The monoisotopic (exact) mass is 425 g/mol. The predicted octanol–water partition coefficient (Wildman–Crippen LogP) is 4.13. The van der Waals surface area contributed by atoms with Gasteiger partial charge < -0.3 is 18.8 Å². The molecule has 0 aliphatic heterocycles. The molecule has 0 fully saturated rings. The Morgan fingerprint density at radius 1 is 1.10 bits per heavy atom. The molecule has 2 amide bonds. The summed E-state index contributed by atoms with van der Waals surface area (Å²) in [5.74, 6) is 0.241. The zero-order chi connectivity index (χ0) is 21.5. The minimum absolute atomic E-state index is 0.0708. The lowest BCUT2D eigenvalue weighted by atomic mass is 10.2. The summed E-state index contributed by atoms with van der Waals surface area (Å²) in [5.41, 5.74) is 1.45. The molecule has 156 valence electrons. The van der Waals surface area contributed by atoms with E-state index >= 15 is 0 Å². The average Bonchev–Trinajstić information content (AvgIpc) is 3.39. The Hall–Kier alpha value is -3.25. The zero-order valence-corrected chi connectivity index (χ0v) is 17.6. The third-order valence-corrected chi connectivity index (χ3v) is 4.99. The molecule has 0 saturated heterocycles. The first-order valence-electron chi connectivity index (χ1n) is 9.54. The smallest absolute Gasteiger partial charge is 0.254 e. The van der Waals surface area contributed by atoms with Gasteiger partial charge in [-0.3, -0.25) is 9.59 Å². The number of aromatic nitrogens is 1. The fourth-order valence-corrected chi connectivity index (χ4v) is 3.22. The first kappa shape index (κ1) is 21.5. The van der Waals surface area contributed by atoms with Gasteiger partial charge in [-0.25, -0.2) is 0 Å². The molecule has 0 radical (unpaired) electrons. The van der Waals surface area contributed by atoms with E-state index in [9.17, 15) is 9.59 Å². The highest BCUT2D eigenvalue weighted by Gasteiger charge is 2.23. The number of hydrogen-bond donors (Lipinski definition) is 0. The standard InChI is InChI=1S/C23H24ClN3O3/c1-3-12-26(23(29)18-8-10-19(24)11-9-18)17-22(28)27(16-21-7-5-14-30-21)15-20-6-4-13-25(20)2/h3-11,13-14H,1,12,15-17H2,2H3. The first-order chi connectivity index (χ1) is 14.5. The molecule has 1 aromatic carbocycles. The third kappa shape index (κ3) is 5.42. The number of amides is 2. The zero-order valence-electron chi connectivity index (χ0n) is 16.8. The number of rotatable bonds is 9. The van der Waals surface area contributed by atoms with Gasteiger partial charge in [-0.15, -0.1) is 6.58 Å². The van der Waals surface area contributed by atoms with Crippen molar-refractivity contribution in [2.75, 3.05) is 13.1 Å². The molecule has 0 N–H and O–H groups in total. The molecule has 0 saturated carbocycles. The summed E-state index contributed by atoms with van der Waals surface area (Å²) in [6, 6.07) is 14.1. The molecule has 3 rings (SSSR count). The van der Waals surface area contributed by atoms with E-state index < -0.39 is 0 Å². The number of benzene rings is 1. The number of carbonyl (C=O) groups is 2. The normalized spacial score (nSPS) is 10.6. The van der Waals surface area contributed by atoms with Crippen LogP contribution in [-0.2, 0) is 24.9 Å². The lowest BCUT2D eigenvalue weighted by Gasteiger charge is -2.27. The Morgan fingerprint density at radius 3 is 2.47 bits per heavy atom. The first-order valence-corrected chi connectivity index (χ1v) is 9.92. The molecule has 6 nitrogen and oxygen atoms in total. The molecule has 0 spiro atoms. The van der Waals surface area contributed by atoms with Crippen LogP contribution in [-0.4, -0.2) is 39.3 Å². The van der Waals surface area contributed by atoms with Crippen molar-refractivity contribution in [3.05, 3.63) is 95.7 Å². The minimum Gasteiger partial charge on any atom is -0.467 e. The summed E-state index contributed by atoms with van der Waals surface area (Å²) in [4.78, 5) is 29.3. The molecule has 0 aliphatic rings. The summed E-state index contributed by atoms with van der Waals surface area (Å²) in [6.07, 6.45) is 5.11. The Kier molecular flexibility index (Phi) is 7.14. The van der Waals surface area contributed by atoms with Crippen molar-refractivity contribution in [2.45, 2.75) is 13.1 Å². The van der Waals surface area contributed by atoms with Crippen LogP contribution in [0, 0.1) is 0 Å². The van der Waals surface area contributed by atoms with E-state index in [-0.39, 0.29) is 24.9 Å². The number of hydrogen-bond acceptors (Lipinski definition) is 3. The number of aryl methyl sites for hydroxylation is 1. The van der Waals surface area contributed by atoms with Crippen molar-refractivity contribution in [2.24, 2.45) is 7.05 Å². The van der Waals surface area contributed by atoms with Crippen LogP contribution < -0.4 is 0 Å². The lowest BCUT2D eigenvalue weighted by molar-refractivity contribution is -0.133. The van der Waals surface area contributed by atoms with Crippen molar-refractivity contribution >= 4 is 23.4 Å². The second-order valence-electron chi connectivity index (χ2n) is 6.92. The van der Waals surface area contributed by atoms with E-state index in [2.05, 4.69) is 6.58 Å². The Balaban J connectivity index is 1.78. The number of halogens is 1. The summed E-state index contributed by atoms with van der Waals surface area (Å²) in [6.45, 7) is 4.62. The molecule has 7 heteroatoms. The number of furan rings is 1. The van der Waals surface area contributed by atoms with Crippen molar-refractivity contribution in [1.29, 1.82) is 0 Å². The summed E-state index contributed by atoms with van der Waals surface area (Å²) in [7, 11) is 1.93. The van der Waals surface area contributed by atoms with E-state index in [1.165, 1.54) is 4.90 Å². The minimum atomic E-state index is -0.253. The maximum Gasteiger partial charge on any atom is 0.254 e. The van der Waals surface area contributed by atoms with E-state index in [1.54, 1.807) is 47.6 Å². The molecule has 2 aromatic heterocycles. The van der Waals surface area contributed by atoms with Gasteiger partial charge in [0, 0.05) is 36.1 Å². The molecular formula is C23H24ClN3O3. The molecule has 3 aromatic rings. The van der Waals surface area contributed by atoms with Crippen LogP contribution in [0.2, 0.25) is 5.02 Å². The van der Waals surface area contributed by atoms with Crippen molar-refractivity contribution in [1.82, 2.24) is 14.4 Å². The van der Waals surface area contributed by atoms with Crippen LogP contribution in [0.3, 0.4) is 0 Å². The van der Waals surface area contributed by atoms with Gasteiger partial charge in [-0.1, -0.05) is 17.7 Å². The molecule has 0 aliphatic carbocycles. The average molecular weight is 426 g/mol. The van der Waals surface area contributed by atoms with Crippen LogP contribution in [0.5, 0.6) is 0 Å². The Labute approximate surface area is 180 Å². The molecule has 2 heterocycles.